The molecule has 0 amide bonds. The van der Waals surface area contributed by atoms with Gasteiger partial charge in [0, 0.05) is 22.5 Å². The molecule has 0 aliphatic rings. The second kappa shape index (κ2) is 7.05. The molecule has 1 N–H and O–H groups in total. The summed E-state index contributed by atoms with van der Waals surface area (Å²) >= 11 is 2.33. The smallest absolute Gasteiger partial charge is 0.130 e. The molecule has 0 saturated heterocycles. The Balaban J connectivity index is 2.33. The fourth-order valence-electron chi connectivity index (χ4n) is 2.23. The summed E-state index contributed by atoms with van der Waals surface area (Å²) in [7, 11) is 0. The largest absolute Gasteiger partial charge is 0.333 e. The molecule has 2 rings (SSSR count). The highest BCUT2D eigenvalue weighted by Gasteiger charge is 2.17. The minimum absolute atomic E-state index is 0.170. The lowest BCUT2D eigenvalue weighted by molar-refractivity contribution is 0.544. The average Bonchev–Trinajstić information content (AvgIpc) is 2.86. The van der Waals surface area contributed by atoms with Gasteiger partial charge in [-0.3, -0.25) is 0 Å². The maximum Gasteiger partial charge on any atom is 0.130 e. The SMILES string of the molecule is CCCn1ccnc1C(NCC)c1ccc(I)cc1. The van der Waals surface area contributed by atoms with E-state index in [0.29, 0.717) is 0 Å². The highest BCUT2D eigenvalue weighted by Crippen LogP contribution is 2.22. The van der Waals surface area contributed by atoms with Gasteiger partial charge < -0.3 is 9.88 Å². The number of hydrogen-bond acceptors (Lipinski definition) is 2. The third-order valence-corrected chi connectivity index (χ3v) is 3.80. The third kappa shape index (κ3) is 3.57. The highest BCUT2D eigenvalue weighted by atomic mass is 127. The fourth-order valence-corrected chi connectivity index (χ4v) is 2.59. The van der Waals surface area contributed by atoms with Crippen LogP contribution in [0.5, 0.6) is 0 Å². The lowest BCUT2D eigenvalue weighted by Crippen LogP contribution is -2.25. The molecular formula is C15H20IN3. The van der Waals surface area contributed by atoms with Crippen LogP contribution in [0.25, 0.3) is 0 Å². The maximum atomic E-state index is 4.55. The molecule has 102 valence electrons. The molecule has 0 saturated carbocycles. The first-order valence-electron chi connectivity index (χ1n) is 6.76. The Bertz CT molecular complexity index is 504. The average molecular weight is 369 g/mol. The molecule has 1 atom stereocenters. The number of nitrogens with one attached hydrogen (secondary N) is 1. The molecule has 4 heteroatoms. The number of aromatic nitrogens is 2. The third-order valence-electron chi connectivity index (χ3n) is 3.08. The highest BCUT2D eigenvalue weighted by molar-refractivity contribution is 14.1. The minimum atomic E-state index is 0.170. The predicted octanol–water partition coefficient (Wildman–Crippen LogP) is 3.60. The molecule has 0 fully saturated rings. The Morgan fingerprint density at radius 3 is 2.63 bits per heavy atom. The first-order valence-corrected chi connectivity index (χ1v) is 7.84. The van der Waals surface area contributed by atoms with Crippen molar-refractivity contribution >= 4 is 22.6 Å². The van der Waals surface area contributed by atoms with Crippen molar-refractivity contribution in [3.63, 3.8) is 0 Å². The number of benzene rings is 1. The Morgan fingerprint density at radius 2 is 2.00 bits per heavy atom. The second-order valence-corrected chi connectivity index (χ2v) is 5.77. The number of rotatable bonds is 6. The second-order valence-electron chi connectivity index (χ2n) is 4.52. The van der Waals surface area contributed by atoms with Crippen molar-refractivity contribution in [2.75, 3.05) is 6.54 Å². The molecule has 3 nitrogen and oxygen atoms in total. The van der Waals surface area contributed by atoms with Crippen molar-refractivity contribution in [2.24, 2.45) is 0 Å². The van der Waals surface area contributed by atoms with E-state index in [4.69, 9.17) is 0 Å². The predicted molar refractivity (Wildman–Crippen MR) is 87.2 cm³/mol. The Hall–Kier alpha value is -0.880. The zero-order chi connectivity index (χ0) is 13.7. The number of aryl methyl sites for hydroxylation is 1. The van der Waals surface area contributed by atoms with Gasteiger partial charge in [0.15, 0.2) is 0 Å². The fraction of sp³-hybridized carbons (Fsp3) is 0.400. The van der Waals surface area contributed by atoms with Crippen LogP contribution >= 0.6 is 22.6 Å². The van der Waals surface area contributed by atoms with E-state index in [2.05, 4.69) is 81.8 Å². The zero-order valence-electron chi connectivity index (χ0n) is 11.4. The van der Waals surface area contributed by atoms with E-state index in [1.54, 1.807) is 0 Å². The van der Waals surface area contributed by atoms with Gasteiger partial charge in [-0.25, -0.2) is 4.98 Å². The van der Waals surface area contributed by atoms with Gasteiger partial charge in [-0.2, -0.15) is 0 Å². The van der Waals surface area contributed by atoms with Gasteiger partial charge in [0.05, 0.1) is 6.04 Å². The van der Waals surface area contributed by atoms with Gasteiger partial charge >= 0.3 is 0 Å². The molecule has 19 heavy (non-hydrogen) atoms. The van der Waals surface area contributed by atoms with E-state index in [0.717, 1.165) is 25.3 Å². The monoisotopic (exact) mass is 369 g/mol. The lowest BCUT2D eigenvalue weighted by atomic mass is 10.1. The summed E-state index contributed by atoms with van der Waals surface area (Å²) in [5, 5.41) is 3.53. The van der Waals surface area contributed by atoms with Crippen LogP contribution in [0.15, 0.2) is 36.7 Å². The molecule has 0 bridgehead atoms. The molecule has 1 aromatic carbocycles. The number of nitrogens with zero attached hydrogens (tertiary/aromatic N) is 2. The van der Waals surface area contributed by atoms with E-state index in [9.17, 15) is 0 Å². The van der Waals surface area contributed by atoms with Crippen LogP contribution in [0.4, 0.5) is 0 Å². The summed E-state index contributed by atoms with van der Waals surface area (Å²) in [6, 6.07) is 8.82. The molecule has 1 unspecified atom stereocenters. The Morgan fingerprint density at radius 1 is 1.26 bits per heavy atom. The normalized spacial score (nSPS) is 12.6. The molecule has 2 aromatic rings. The molecule has 0 aliphatic heterocycles. The van der Waals surface area contributed by atoms with Crippen LogP contribution in [-0.4, -0.2) is 16.1 Å². The van der Waals surface area contributed by atoms with Crippen molar-refractivity contribution in [3.05, 3.63) is 51.6 Å². The van der Waals surface area contributed by atoms with Gasteiger partial charge in [-0.15, -0.1) is 0 Å². The van der Waals surface area contributed by atoms with Gasteiger partial charge in [0.2, 0.25) is 0 Å². The number of halogens is 1. The van der Waals surface area contributed by atoms with E-state index in [1.165, 1.54) is 9.13 Å². The number of imidazole rings is 1. The first kappa shape index (κ1) is 14.5. The maximum absolute atomic E-state index is 4.55. The number of hydrogen-bond donors (Lipinski definition) is 1. The molecule has 0 radical (unpaired) electrons. The van der Waals surface area contributed by atoms with Crippen molar-refractivity contribution in [1.29, 1.82) is 0 Å². The first-order chi connectivity index (χ1) is 9.26. The molecule has 1 aromatic heterocycles. The van der Waals surface area contributed by atoms with Crippen LogP contribution in [-0.2, 0) is 6.54 Å². The lowest BCUT2D eigenvalue weighted by Gasteiger charge is -2.19. The van der Waals surface area contributed by atoms with Gasteiger partial charge in [0.1, 0.15) is 5.82 Å². The standard InChI is InChI=1S/C15H20IN3/c1-3-10-19-11-9-18-15(19)14(17-4-2)12-5-7-13(16)8-6-12/h5-9,11,14,17H,3-4,10H2,1-2H3. The molecular weight excluding hydrogens is 349 g/mol. The van der Waals surface area contributed by atoms with Gasteiger partial charge in [-0.1, -0.05) is 26.0 Å². The Kier molecular flexibility index (Phi) is 5.39. The van der Waals surface area contributed by atoms with E-state index >= 15 is 0 Å². The topological polar surface area (TPSA) is 29.9 Å². The van der Waals surface area contributed by atoms with Crippen LogP contribution in [0.1, 0.15) is 37.7 Å². The van der Waals surface area contributed by atoms with Crippen molar-refractivity contribution in [2.45, 2.75) is 32.9 Å². The summed E-state index contributed by atoms with van der Waals surface area (Å²) in [5.41, 5.74) is 1.27. The summed E-state index contributed by atoms with van der Waals surface area (Å²) in [6.07, 6.45) is 5.08. The summed E-state index contributed by atoms with van der Waals surface area (Å²) in [4.78, 5) is 4.55. The van der Waals surface area contributed by atoms with Crippen LogP contribution < -0.4 is 5.32 Å². The van der Waals surface area contributed by atoms with Crippen LogP contribution in [0.2, 0.25) is 0 Å². The van der Waals surface area contributed by atoms with E-state index in [-0.39, 0.29) is 6.04 Å². The van der Waals surface area contributed by atoms with E-state index < -0.39 is 0 Å². The molecule has 1 heterocycles. The van der Waals surface area contributed by atoms with Gasteiger partial charge in [0.25, 0.3) is 0 Å². The summed E-state index contributed by atoms with van der Waals surface area (Å²) in [6.45, 7) is 6.26. The molecule has 0 aliphatic carbocycles. The van der Waals surface area contributed by atoms with Gasteiger partial charge in [-0.05, 0) is 53.3 Å². The van der Waals surface area contributed by atoms with Crippen molar-refractivity contribution in [1.82, 2.24) is 14.9 Å². The van der Waals surface area contributed by atoms with Crippen molar-refractivity contribution in [3.8, 4) is 0 Å². The summed E-state index contributed by atoms with van der Waals surface area (Å²) < 4.78 is 3.50. The minimum Gasteiger partial charge on any atom is -0.333 e. The van der Waals surface area contributed by atoms with Crippen LogP contribution in [0, 0.1) is 3.57 Å². The van der Waals surface area contributed by atoms with Crippen molar-refractivity contribution < 1.29 is 0 Å². The Labute approximate surface area is 128 Å². The molecule has 0 spiro atoms. The van der Waals surface area contributed by atoms with E-state index in [1.807, 2.05) is 6.20 Å². The quantitative estimate of drug-likeness (QED) is 0.789. The zero-order valence-corrected chi connectivity index (χ0v) is 13.6. The summed E-state index contributed by atoms with van der Waals surface area (Å²) in [5.74, 6) is 1.10. The van der Waals surface area contributed by atoms with Crippen LogP contribution in [0.3, 0.4) is 0 Å².